The predicted octanol–water partition coefficient (Wildman–Crippen LogP) is 3.49. The molecule has 0 aromatic heterocycles. The van der Waals surface area contributed by atoms with E-state index < -0.39 is 0 Å². The smallest absolute Gasteiger partial charge is 0.143 e. The SMILES string of the molecule is C=C1CCC(C)(C)C12CCCCC2=O. The van der Waals surface area contributed by atoms with Gasteiger partial charge in [-0.3, -0.25) is 4.79 Å². The molecule has 1 nitrogen and oxygen atoms in total. The summed E-state index contributed by atoms with van der Waals surface area (Å²) in [6.07, 6.45) is 6.31. The summed E-state index contributed by atoms with van der Waals surface area (Å²) in [6, 6.07) is 0. The van der Waals surface area contributed by atoms with E-state index in [1.807, 2.05) is 0 Å². The first-order valence-electron chi connectivity index (χ1n) is 5.72. The first-order chi connectivity index (χ1) is 6.51. The van der Waals surface area contributed by atoms with Crippen molar-refractivity contribution < 1.29 is 4.79 Å². The molecule has 0 aromatic rings. The van der Waals surface area contributed by atoms with Crippen molar-refractivity contribution in [3.8, 4) is 0 Å². The molecule has 78 valence electrons. The van der Waals surface area contributed by atoms with Gasteiger partial charge in [0.25, 0.3) is 0 Å². The molecule has 1 unspecified atom stereocenters. The fourth-order valence-corrected chi connectivity index (χ4v) is 3.49. The second-order valence-electron chi connectivity index (χ2n) is 5.52. The third-order valence-corrected chi connectivity index (χ3v) is 4.49. The van der Waals surface area contributed by atoms with Gasteiger partial charge in [-0.25, -0.2) is 0 Å². The van der Waals surface area contributed by atoms with Crippen molar-refractivity contribution in [2.24, 2.45) is 10.8 Å². The van der Waals surface area contributed by atoms with Crippen molar-refractivity contribution in [2.75, 3.05) is 0 Å². The van der Waals surface area contributed by atoms with Crippen LogP contribution in [-0.4, -0.2) is 5.78 Å². The van der Waals surface area contributed by atoms with Crippen LogP contribution in [0.1, 0.15) is 52.4 Å². The molecule has 1 atom stereocenters. The molecule has 2 aliphatic carbocycles. The second-order valence-corrected chi connectivity index (χ2v) is 5.52. The maximum atomic E-state index is 12.2. The highest BCUT2D eigenvalue weighted by Crippen LogP contribution is 2.60. The Kier molecular flexibility index (Phi) is 2.09. The maximum absolute atomic E-state index is 12.2. The zero-order valence-corrected chi connectivity index (χ0v) is 9.36. The molecule has 2 rings (SSSR count). The molecule has 0 saturated heterocycles. The predicted molar refractivity (Wildman–Crippen MR) is 58.1 cm³/mol. The van der Waals surface area contributed by atoms with Crippen LogP contribution in [0.4, 0.5) is 0 Å². The van der Waals surface area contributed by atoms with Crippen molar-refractivity contribution in [1.29, 1.82) is 0 Å². The van der Waals surface area contributed by atoms with Gasteiger partial charge in [0.15, 0.2) is 0 Å². The van der Waals surface area contributed by atoms with E-state index in [4.69, 9.17) is 0 Å². The van der Waals surface area contributed by atoms with Gasteiger partial charge >= 0.3 is 0 Å². The summed E-state index contributed by atoms with van der Waals surface area (Å²) in [5, 5.41) is 0. The molecule has 14 heavy (non-hydrogen) atoms. The standard InChI is InChI=1S/C13H20O/c1-10-7-9-12(2,3)13(10)8-5-4-6-11(13)14/h1,4-9H2,2-3H3. The quantitative estimate of drug-likeness (QED) is 0.537. The van der Waals surface area contributed by atoms with Crippen molar-refractivity contribution in [1.82, 2.24) is 0 Å². The van der Waals surface area contributed by atoms with E-state index >= 15 is 0 Å². The molecule has 0 N–H and O–H groups in total. The summed E-state index contributed by atoms with van der Waals surface area (Å²) in [7, 11) is 0. The number of carbonyl (C=O) groups excluding carboxylic acids is 1. The zero-order valence-electron chi connectivity index (χ0n) is 9.36. The van der Waals surface area contributed by atoms with E-state index in [0.29, 0.717) is 5.78 Å². The van der Waals surface area contributed by atoms with Crippen molar-refractivity contribution in [3.63, 3.8) is 0 Å². The third kappa shape index (κ3) is 1.04. The number of hydrogen-bond donors (Lipinski definition) is 0. The van der Waals surface area contributed by atoms with E-state index in [2.05, 4.69) is 20.4 Å². The Morgan fingerprint density at radius 1 is 1.14 bits per heavy atom. The summed E-state index contributed by atoms with van der Waals surface area (Å²) >= 11 is 0. The molecule has 0 bridgehead atoms. The van der Waals surface area contributed by atoms with Crippen LogP contribution < -0.4 is 0 Å². The first kappa shape index (κ1) is 9.95. The summed E-state index contributed by atoms with van der Waals surface area (Å²) in [6.45, 7) is 8.65. The number of allylic oxidation sites excluding steroid dienone is 1. The highest BCUT2D eigenvalue weighted by Gasteiger charge is 2.55. The normalized spacial score (nSPS) is 36.7. The third-order valence-electron chi connectivity index (χ3n) is 4.49. The number of rotatable bonds is 0. The number of hydrogen-bond acceptors (Lipinski definition) is 1. The Morgan fingerprint density at radius 2 is 1.86 bits per heavy atom. The van der Waals surface area contributed by atoms with Crippen LogP contribution in [0.25, 0.3) is 0 Å². The molecule has 0 aromatic carbocycles. The zero-order chi connectivity index (χ0) is 10.4. The molecule has 2 aliphatic rings. The lowest BCUT2D eigenvalue weighted by atomic mass is 9.58. The van der Waals surface area contributed by atoms with Crippen molar-refractivity contribution in [2.45, 2.75) is 52.4 Å². The van der Waals surface area contributed by atoms with E-state index in [9.17, 15) is 4.79 Å². The summed E-state index contributed by atoms with van der Waals surface area (Å²) in [5.41, 5.74) is 1.22. The summed E-state index contributed by atoms with van der Waals surface area (Å²) < 4.78 is 0. The van der Waals surface area contributed by atoms with Gasteiger partial charge in [-0.05, 0) is 31.1 Å². The van der Waals surface area contributed by atoms with E-state index in [1.54, 1.807) is 0 Å². The van der Waals surface area contributed by atoms with Crippen LogP contribution in [0, 0.1) is 10.8 Å². The fourth-order valence-electron chi connectivity index (χ4n) is 3.49. The molecule has 0 radical (unpaired) electrons. The summed E-state index contributed by atoms with van der Waals surface area (Å²) in [5.74, 6) is 0.469. The number of carbonyl (C=O) groups is 1. The molecule has 1 spiro atoms. The van der Waals surface area contributed by atoms with Gasteiger partial charge in [-0.2, -0.15) is 0 Å². The Morgan fingerprint density at radius 3 is 2.36 bits per heavy atom. The lowest BCUT2D eigenvalue weighted by Gasteiger charge is -2.43. The van der Waals surface area contributed by atoms with Gasteiger partial charge < -0.3 is 0 Å². The molecule has 2 saturated carbocycles. The minimum atomic E-state index is -0.148. The van der Waals surface area contributed by atoms with E-state index in [-0.39, 0.29) is 10.8 Å². The molecule has 1 heteroatoms. The van der Waals surface area contributed by atoms with Crippen LogP contribution in [0.2, 0.25) is 0 Å². The van der Waals surface area contributed by atoms with Crippen LogP contribution in [0.15, 0.2) is 12.2 Å². The Hall–Kier alpha value is -0.590. The van der Waals surface area contributed by atoms with Gasteiger partial charge in [-0.15, -0.1) is 0 Å². The number of Topliss-reactive ketones (excluding diaryl/α,β-unsaturated/α-hetero) is 1. The maximum Gasteiger partial charge on any atom is 0.143 e. The largest absolute Gasteiger partial charge is 0.299 e. The highest BCUT2D eigenvalue weighted by atomic mass is 16.1. The molecule has 0 aliphatic heterocycles. The Bertz CT molecular complexity index is 288. The average Bonchev–Trinajstić information content (AvgIpc) is 2.35. The average molecular weight is 192 g/mol. The lowest BCUT2D eigenvalue weighted by Crippen LogP contribution is -2.43. The van der Waals surface area contributed by atoms with Gasteiger partial charge in [0, 0.05) is 6.42 Å². The minimum Gasteiger partial charge on any atom is -0.299 e. The fraction of sp³-hybridized carbons (Fsp3) is 0.769. The Balaban J connectivity index is 2.44. The van der Waals surface area contributed by atoms with Crippen LogP contribution in [0.5, 0.6) is 0 Å². The first-order valence-corrected chi connectivity index (χ1v) is 5.72. The second kappa shape index (κ2) is 2.95. The minimum absolute atomic E-state index is 0.148. The van der Waals surface area contributed by atoms with Crippen molar-refractivity contribution >= 4 is 5.78 Å². The molecular weight excluding hydrogens is 172 g/mol. The van der Waals surface area contributed by atoms with Gasteiger partial charge in [-0.1, -0.05) is 32.4 Å². The molecular formula is C13H20O. The van der Waals surface area contributed by atoms with Gasteiger partial charge in [0.05, 0.1) is 5.41 Å². The van der Waals surface area contributed by atoms with E-state index in [0.717, 1.165) is 32.1 Å². The van der Waals surface area contributed by atoms with Crippen molar-refractivity contribution in [3.05, 3.63) is 12.2 Å². The molecule has 0 amide bonds. The highest BCUT2D eigenvalue weighted by molar-refractivity contribution is 5.90. The number of ketones is 1. The monoisotopic (exact) mass is 192 g/mol. The van der Waals surface area contributed by atoms with Crippen LogP contribution >= 0.6 is 0 Å². The van der Waals surface area contributed by atoms with Gasteiger partial charge in [0.1, 0.15) is 5.78 Å². The summed E-state index contributed by atoms with van der Waals surface area (Å²) in [4.78, 5) is 12.2. The molecule has 2 fully saturated rings. The van der Waals surface area contributed by atoms with Crippen LogP contribution in [0.3, 0.4) is 0 Å². The topological polar surface area (TPSA) is 17.1 Å². The van der Waals surface area contributed by atoms with Gasteiger partial charge in [0.2, 0.25) is 0 Å². The van der Waals surface area contributed by atoms with Crippen LogP contribution in [-0.2, 0) is 4.79 Å². The van der Waals surface area contributed by atoms with E-state index in [1.165, 1.54) is 12.0 Å². The molecule has 0 heterocycles. The lowest BCUT2D eigenvalue weighted by molar-refractivity contribution is -0.134. The Labute approximate surface area is 86.6 Å².